The zero-order valence-corrected chi connectivity index (χ0v) is 16.7. The van der Waals surface area contributed by atoms with Crippen LogP contribution in [0.3, 0.4) is 0 Å². The Morgan fingerprint density at radius 1 is 1.00 bits per heavy atom. The molecule has 3 rings (SSSR count). The number of methoxy groups -OCH3 is 1. The molecule has 0 radical (unpaired) electrons. The second-order valence-corrected chi connectivity index (χ2v) is 6.67. The van der Waals surface area contributed by atoms with Crippen LogP contribution >= 0.6 is 11.6 Å². The minimum absolute atomic E-state index is 0.189. The van der Waals surface area contributed by atoms with Crippen molar-refractivity contribution >= 4 is 23.7 Å². The molecule has 0 aromatic heterocycles. The number of rotatable bonds is 8. The van der Waals surface area contributed by atoms with Crippen LogP contribution in [0.4, 0.5) is 0 Å². The molecule has 0 aliphatic rings. The van der Waals surface area contributed by atoms with Crippen LogP contribution in [0.5, 0.6) is 11.5 Å². The molecule has 0 bridgehead atoms. The number of nitrogens with zero attached hydrogens (tertiary/aromatic N) is 1. The molecule has 6 heteroatoms. The normalized spacial score (nSPS) is 10.7. The highest BCUT2D eigenvalue weighted by atomic mass is 35.5. The van der Waals surface area contributed by atoms with E-state index in [1.54, 1.807) is 13.3 Å². The molecule has 0 heterocycles. The van der Waals surface area contributed by atoms with Crippen LogP contribution in [0.25, 0.3) is 0 Å². The minimum atomic E-state index is -0.189. The first-order valence-electron chi connectivity index (χ1n) is 9.05. The van der Waals surface area contributed by atoms with Gasteiger partial charge in [-0.1, -0.05) is 41.9 Å². The van der Waals surface area contributed by atoms with E-state index in [9.17, 15) is 4.79 Å². The molecule has 3 aromatic rings. The number of ether oxygens (including phenoxy) is 2. The number of halogens is 1. The third-order valence-corrected chi connectivity index (χ3v) is 4.53. The van der Waals surface area contributed by atoms with Crippen LogP contribution < -0.4 is 14.9 Å². The largest absolute Gasteiger partial charge is 0.497 e. The van der Waals surface area contributed by atoms with E-state index < -0.39 is 0 Å². The number of carbonyl (C=O) groups is 1. The van der Waals surface area contributed by atoms with Gasteiger partial charge in [-0.15, -0.1) is 0 Å². The molecule has 0 saturated carbocycles. The number of amides is 1. The number of hydrazone groups is 1. The van der Waals surface area contributed by atoms with Gasteiger partial charge in [-0.2, -0.15) is 5.10 Å². The molecule has 1 amide bonds. The number of nitrogens with one attached hydrogen (secondary N) is 1. The molecule has 29 heavy (non-hydrogen) atoms. The number of hydrogen-bond donors (Lipinski definition) is 1. The molecule has 0 saturated heterocycles. The van der Waals surface area contributed by atoms with Gasteiger partial charge in [-0.05, 0) is 53.6 Å². The highest BCUT2D eigenvalue weighted by Crippen LogP contribution is 2.18. The molecule has 148 valence electrons. The molecule has 0 spiro atoms. The zero-order chi connectivity index (χ0) is 20.5. The topological polar surface area (TPSA) is 59.9 Å². The lowest BCUT2D eigenvalue weighted by Crippen LogP contribution is -2.19. The molecule has 3 aromatic carbocycles. The first-order chi connectivity index (χ1) is 14.1. The van der Waals surface area contributed by atoms with Gasteiger partial charge in [0.15, 0.2) is 0 Å². The Balaban J connectivity index is 1.46. The molecular formula is C23H21ClN2O3. The summed E-state index contributed by atoms with van der Waals surface area (Å²) in [5.41, 5.74) is 5.19. The van der Waals surface area contributed by atoms with E-state index in [0.29, 0.717) is 11.6 Å². The van der Waals surface area contributed by atoms with Crippen molar-refractivity contribution in [3.8, 4) is 11.5 Å². The monoisotopic (exact) mass is 408 g/mol. The van der Waals surface area contributed by atoms with E-state index in [2.05, 4.69) is 10.5 Å². The smallest absolute Gasteiger partial charge is 0.244 e. The fourth-order valence-corrected chi connectivity index (χ4v) is 2.76. The van der Waals surface area contributed by atoms with E-state index >= 15 is 0 Å². The zero-order valence-electron chi connectivity index (χ0n) is 16.0. The molecule has 0 aliphatic carbocycles. The Morgan fingerprint density at radius 3 is 2.38 bits per heavy atom. The van der Waals surface area contributed by atoms with Crippen molar-refractivity contribution in [3.05, 3.63) is 94.5 Å². The third kappa shape index (κ3) is 6.36. The lowest BCUT2D eigenvalue weighted by Gasteiger charge is -2.07. The van der Waals surface area contributed by atoms with Gasteiger partial charge in [-0.3, -0.25) is 4.79 Å². The second kappa shape index (κ2) is 10.3. The lowest BCUT2D eigenvalue weighted by atomic mass is 10.1. The minimum Gasteiger partial charge on any atom is -0.497 e. The highest BCUT2D eigenvalue weighted by Gasteiger charge is 2.03. The molecule has 0 aliphatic heterocycles. The first-order valence-corrected chi connectivity index (χ1v) is 9.43. The maximum atomic E-state index is 12.0. The van der Waals surface area contributed by atoms with Crippen LogP contribution in [-0.2, 0) is 17.8 Å². The molecule has 0 atom stereocenters. The van der Waals surface area contributed by atoms with E-state index in [1.165, 1.54) is 0 Å². The summed E-state index contributed by atoms with van der Waals surface area (Å²) < 4.78 is 10.8. The van der Waals surface area contributed by atoms with Crippen molar-refractivity contribution in [1.82, 2.24) is 5.43 Å². The standard InChI is InChI=1S/C23H21ClN2O3/c1-28-20-10-6-17(7-11-20)14-23(27)26-25-15-18-8-12-21(13-9-18)29-16-19-4-2-3-5-22(19)24/h2-13,15H,14,16H2,1H3,(H,26,27)/b25-15-. The summed E-state index contributed by atoms with van der Waals surface area (Å²) >= 11 is 6.13. The number of carbonyl (C=O) groups excluding carboxylic acids is 1. The summed E-state index contributed by atoms with van der Waals surface area (Å²) in [6.45, 7) is 0.397. The fourth-order valence-electron chi connectivity index (χ4n) is 2.57. The third-order valence-electron chi connectivity index (χ3n) is 4.16. The summed E-state index contributed by atoms with van der Waals surface area (Å²) in [4.78, 5) is 12.0. The average Bonchev–Trinajstić information content (AvgIpc) is 2.75. The molecule has 5 nitrogen and oxygen atoms in total. The van der Waals surface area contributed by atoms with Gasteiger partial charge in [0.2, 0.25) is 5.91 Å². The van der Waals surface area contributed by atoms with Crippen molar-refractivity contribution in [1.29, 1.82) is 0 Å². The molecule has 1 N–H and O–H groups in total. The SMILES string of the molecule is COc1ccc(CC(=O)N/N=C\c2ccc(OCc3ccccc3Cl)cc2)cc1. The summed E-state index contributed by atoms with van der Waals surface area (Å²) in [7, 11) is 1.61. The van der Waals surface area contributed by atoms with E-state index in [1.807, 2.05) is 72.8 Å². The van der Waals surface area contributed by atoms with Crippen LogP contribution in [0.15, 0.2) is 77.9 Å². The van der Waals surface area contributed by atoms with Crippen molar-refractivity contribution in [2.24, 2.45) is 5.10 Å². The predicted molar refractivity (Wildman–Crippen MR) is 115 cm³/mol. The molecule has 0 unspecified atom stereocenters. The van der Waals surface area contributed by atoms with E-state index in [4.69, 9.17) is 21.1 Å². The van der Waals surface area contributed by atoms with E-state index in [0.717, 1.165) is 28.2 Å². The molecule has 0 fully saturated rings. The van der Waals surface area contributed by atoms with Crippen LogP contribution in [0.2, 0.25) is 5.02 Å². The summed E-state index contributed by atoms with van der Waals surface area (Å²) in [6.07, 6.45) is 1.83. The summed E-state index contributed by atoms with van der Waals surface area (Å²) in [5.74, 6) is 1.29. The van der Waals surface area contributed by atoms with Gasteiger partial charge in [-0.25, -0.2) is 5.43 Å². The van der Waals surface area contributed by atoms with Crippen LogP contribution in [0.1, 0.15) is 16.7 Å². The van der Waals surface area contributed by atoms with Crippen molar-refractivity contribution in [2.45, 2.75) is 13.0 Å². The number of hydrogen-bond acceptors (Lipinski definition) is 4. The Labute approximate surface area is 174 Å². The first kappa shape index (κ1) is 20.4. The Hall–Kier alpha value is -3.31. The van der Waals surface area contributed by atoms with Crippen molar-refractivity contribution in [3.63, 3.8) is 0 Å². The molecular weight excluding hydrogens is 388 g/mol. The summed E-state index contributed by atoms with van der Waals surface area (Å²) in [5, 5.41) is 4.68. The van der Waals surface area contributed by atoms with Gasteiger partial charge in [0.1, 0.15) is 18.1 Å². The van der Waals surface area contributed by atoms with Crippen molar-refractivity contribution in [2.75, 3.05) is 7.11 Å². The Kier molecular flexibility index (Phi) is 7.25. The predicted octanol–water partition coefficient (Wildman–Crippen LogP) is 4.62. The van der Waals surface area contributed by atoms with Gasteiger partial charge >= 0.3 is 0 Å². The van der Waals surface area contributed by atoms with Crippen LogP contribution in [0, 0.1) is 0 Å². The average molecular weight is 409 g/mol. The van der Waals surface area contributed by atoms with Gasteiger partial charge in [0.25, 0.3) is 0 Å². The Bertz CT molecular complexity index is 970. The van der Waals surface area contributed by atoms with Gasteiger partial charge in [0, 0.05) is 10.6 Å². The van der Waals surface area contributed by atoms with E-state index in [-0.39, 0.29) is 12.3 Å². The maximum Gasteiger partial charge on any atom is 0.244 e. The number of benzene rings is 3. The second-order valence-electron chi connectivity index (χ2n) is 6.27. The quantitative estimate of drug-likeness (QED) is 0.437. The van der Waals surface area contributed by atoms with Gasteiger partial charge in [0.05, 0.1) is 19.7 Å². The highest BCUT2D eigenvalue weighted by molar-refractivity contribution is 6.31. The lowest BCUT2D eigenvalue weighted by molar-refractivity contribution is -0.120. The summed E-state index contributed by atoms with van der Waals surface area (Å²) in [6, 6.07) is 22.3. The van der Waals surface area contributed by atoms with Crippen LogP contribution in [-0.4, -0.2) is 19.2 Å². The fraction of sp³-hybridized carbons (Fsp3) is 0.130. The Morgan fingerprint density at radius 2 is 1.69 bits per heavy atom. The maximum absolute atomic E-state index is 12.0. The van der Waals surface area contributed by atoms with Gasteiger partial charge < -0.3 is 9.47 Å². The van der Waals surface area contributed by atoms with Crippen molar-refractivity contribution < 1.29 is 14.3 Å².